The number of hydrogen-bond donors (Lipinski definition) is 0. The normalized spacial score (nSPS) is 10.8. The molecule has 0 atom stereocenters. The predicted molar refractivity (Wildman–Crippen MR) is 101 cm³/mol. The van der Waals surface area contributed by atoms with Crippen molar-refractivity contribution in [3.05, 3.63) is 90.4 Å². The van der Waals surface area contributed by atoms with Gasteiger partial charge in [-0.2, -0.15) is 0 Å². The van der Waals surface area contributed by atoms with Crippen LogP contribution in [0.15, 0.2) is 79.0 Å². The number of benzene rings is 3. The fraction of sp³-hybridized carbons (Fsp3) is 0.0909. The molecule has 26 heavy (non-hydrogen) atoms. The van der Waals surface area contributed by atoms with Crippen LogP contribution in [-0.4, -0.2) is 11.7 Å². The highest BCUT2D eigenvalue weighted by atomic mass is 19.1. The molecule has 0 saturated heterocycles. The van der Waals surface area contributed by atoms with Crippen molar-refractivity contribution in [2.45, 2.75) is 6.61 Å². The van der Waals surface area contributed by atoms with Crippen molar-refractivity contribution in [1.82, 2.24) is 4.57 Å². The summed E-state index contributed by atoms with van der Waals surface area (Å²) in [5, 5.41) is 0.943. The number of rotatable bonds is 5. The van der Waals surface area contributed by atoms with Crippen molar-refractivity contribution < 1.29 is 13.9 Å². The average Bonchev–Trinajstić information content (AvgIpc) is 3.11. The van der Waals surface area contributed by atoms with Crippen LogP contribution < -0.4 is 9.47 Å². The van der Waals surface area contributed by atoms with Gasteiger partial charge in [0.1, 0.15) is 18.1 Å². The van der Waals surface area contributed by atoms with Gasteiger partial charge >= 0.3 is 0 Å². The van der Waals surface area contributed by atoms with E-state index in [9.17, 15) is 4.39 Å². The highest BCUT2D eigenvalue weighted by Crippen LogP contribution is 2.30. The van der Waals surface area contributed by atoms with Crippen LogP contribution in [0.5, 0.6) is 11.5 Å². The third kappa shape index (κ3) is 3.02. The van der Waals surface area contributed by atoms with Crippen molar-refractivity contribution in [3.63, 3.8) is 0 Å². The smallest absolute Gasteiger partial charge is 0.150 e. The third-order valence-electron chi connectivity index (χ3n) is 4.34. The maximum atomic E-state index is 14.5. The van der Waals surface area contributed by atoms with E-state index >= 15 is 0 Å². The summed E-state index contributed by atoms with van der Waals surface area (Å²) >= 11 is 0. The summed E-state index contributed by atoms with van der Waals surface area (Å²) in [6.45, 7) is 0.488. The van der Waals surface area contributed by atoms with Crippen molar-refractivity contribution >= 4 is 10.9 Å². The van der Waals surface area contributed by atoms with Crippen molar-refractivity contribution in [2.75, 3.05) is 7.11 Å². The van der Waals surface area contributed by atoms with E-state index < -0.39 is 0 Å². The van der Waals surface area contributed by atoms with E-state index in [1.165, 1.54) is 13.2 Å². The molecule has 0 radical (unpaired) electrons. The van der Waals surface area contributed by atoms with E-state index in [4.69, 9.17) is 9.47 Å². The first-order chi connectivity index (χ1) is 12.8. The Morgan fingerprint density at radius 2 is 1.77 bits per heavy atom. The van der Waals surface area contributed by atoms with Crippen LogP contribution in [0.4, 0.5) is 4.39 Å². The molecule has 3 nitrogen and oxygen atoms in total. The highest BCUT2D eigenvalue weighted by Gasteiger charge is 2.12. The van der Waals surface area contributed by atoms with Crippen molar-refractivity contribution in [3.8, 4) is 17.2 Å². The second kappa shape index (κ2) is 6.92. The van der Waals surface area contributed by atoms with Gasteiger partial charge in [0.2, 0.25) is 0 Å². The zero-order valence-electron chi connectivity index (χ0n) is 14.4. The molecular formula is C22H18FNO2. The molecule has 0 unspecified atom stereocenters. The molecule has 0 aliphatic rings. The summed E-state index contributed by atoms with van der Waals surface area (Å²) in [6, 6.07) is 22.6. The lowest BCUT2D eigenvalue weighted by atomic mass is 10.2. The Balaban J connectivity index is 1.69. The van der Waals surface area contributed by atoms with Gasteiger partial charge in [-0.15, -0.1) is 0 Å². The lowest BCUT2D eigenvalue weighted by Gasteiger charge is -2.10. The van der Waals surface area contributed by atoms with E-state index in [1.54, 1.807) is 12.1 Å². The highest BCUT2D eigenvalue weighted by molar-refractivity contribution is 5.88. The van der Waals surface area contributed by atoms with Gasteiger partial charge in [0.05, 0.1) is 18.3 Å². The maximum Gasteiger partial charge on any atom is 0.150 e. The Kier molecular flexibility index (Phi) is 4.32. The van der Waals surface area contributed by atoms with Gasteiger partial charge in [0.15, 0.2) is 5.82 Å². The number of aromatic nitrogens is 1. The summed E-state index contributed by atoms with van der Waals surface area (Å²) in [7, 11) is 1.52. The second-order valence-corrected chi connectivity index (χ2v) is 5.97. The molecule has 130 valence electrons. The molecule has 0 aliphatic carbocycles. The number of ether oxygens (including phenoxy) is 2. The molecule has 1 aromatic heterocycles. The monoisotopic (exact) mass is 347 g/mol. The minimum absolute atomic E-state index is 0.336. The summed E-state index contributed by atoms with van der Waals surface area (Å²) in [4.78, 5) is 0. The Morgan fingerprint density at radius 1 is 0.923 bits per heavy atom. The van der Waals surface area contributed by atoms with E-state index in [0.29, 0.717) is 18.0 Å². The van der Waals surface area contributed by atoms with Crippen LogP contribution in [0.1, 0.15) is 5.56 Å². The van der Waals surface area contributed by atoms with Gasteiger partial charge in [-0.3, -0.25) is 0 Å². The van der Waals surface area contributed by atoms with Gasteiger partial charge in [-0.1, -0.05) is 36.4 Å². The first-order valence-electron chi connectivity index (χ1n) is 8.37. The topological polar surface area (TPSA) is 23.4 Å². The van der Waals surface area contributed by atoms with Crippen LogP contribution in [0, 0.1) is 5.82 Å². The lowest BCUT2D eigenvalue weighted by Crippen LogP contribution is -1.98. The van der Waals surface area contributed by atoms with E-state index in [-0.39, 0.29) is 5.82 Å². The largest absolute Gasteiger partial charge is 0.497 e. The molecule has 0 spiro atoms. The van der Waals surface area contributed by atoms with Crippen LogP contribution in [0.3, 0.4) is 0 Å². The molecular weight excluding hydrogens is 329 g/mol. The minimum atomic E-state index is -0.336. The molecule has 0 amide bonds. The van der Waals surface area contributed by atoms with Gasteiger partial charge in [0, 0.05) is 17.6 Å². The predicted octanol–water partition coefficient (Wildman–Crippen LogP) is 5.36. The quantitative estimate of drug-likeness (QED) is 0.485. The Labute approximate surface area is 151 Å². The lowest BCUT2D eigenvalue weighted by molar-refractivity contribution is 0.310. The van der Waals surface area contributed by atoms with Gasteiger partial charge < -0.3 is 14.0 Å². The number of hydrogen-bond acceptors (Lipinski definition) is 2. The number of fused-ring (bicyclic) bond motifs is 1. The zero-order valence-corrected chi connectivity index (χ0v) is 14.4. The molecule has 0 N–H and O–H groups in total. The second-order valence-electron chi connectivity index (χ2n) is 5.97. The first kappa shape index (κ1) is 16.2. The molecule has 4 aromatic rings. The maximum absolute atomic E-state index is 14.5. The number of methoxy groups -OCH3 is 1. The van der Waals surface area contributed by atoms with E-state index in [2.05, 4.69) is 0 Å². The van der Waals surface area contributed by atoms with Gasteiger partial charge in [-0.25, -0.2) is 4.39 Å². The third-order valence-corrected chi connectivity index (χ3v) is 4.34. The number of halogens is 1. The molecule has 3 aromatic carbocycles. The van der Waals surface area contributed by atoms with Crippen LogP contribution in [0.2, 0.25) is 0 Å². The Morgan fingerprint density at radius 3 is 2.54 bits per heavy atom. The van der Waals surface area contributed by atoms with Gasteiger partial charge in [0.25, 0.3) is 0 Å². The van der Waals surface area contributed by atoms with E-state index in [0.717, 1.165) is 22.2 Å². The first-order valence-corrected chi connectivity index (χ1v) is 8.37. The Hall–Kier alpha value is -3.27. The zero-order chi connectivity index (χ0) is 17.9. The summed E-state index contributed by atoms with van der Waals surface area (Å²) in [5.41, 5.74) is 2.46. The van der Waals surface area contributed by atoms with E-state index in [1.807, 2.05) is 65.4 Å². The molecule has 0 bridgehead atoms. The van der Waals surface area contributed by atoms with Crippen LogP contribution >= 0.6 is 0 Å². The van der Waals surface area contributed by atoms with Gasteiger partial charge in [-0.05, 0) is 35.9 Å². The molecule has 0 aliphatic heterocycles. The summed E-state index contributed by atoms with van der Waals surface area (Å²) in [6.07, 6.45) is 1.85. The van der Waals surface area contributed by atoms with Crippen LogP contribution in [-0.2, 0) is 6.61 Å². The summed E-state index contributed by atoms with van der Waals surface area (Å²) < 4.78 is 27.4. The average molecular weight is 347 g/mol. The number of nitrogens with zero attached hydrogens (tertiary/aromatic N) is 1. The minimum Gasteiger partial charge on any atom is -0.497 e. The molecule has 1 heterocycles. The fourth-order valence-corrected chi connectivity index (χ4v) is 3.02. The molecule has 0 saturated carbocycles. The van der Waals surface area contributed by atoms with Crippen molar-refractivity contribution in [2.24, 2.45) is 0 Å². The molecule has 4 rings (SSSR count). The molecule has 0 fully saturated rings. The summed E-state index contributed by atoms with van der Waals surface area (Å²) in [5.74, 6) is 0.936. The van der Waals surface area contributed by atoms with Crippen molar-refractivity contribution in [1.29, 1.82) is 0 Å². The standard InChI is InChI=1S/C22H18FNO2/c1-25-17-10-11-21(19(23)14-17)24-13-12-18-20(24)8-5-9-22(18)26-15-16-6-3-2-4-7-16/h2-14H,15H2,1H3. The van der Waals surface area contributed by atoms with Crippen LogP contribution in [0.25, 0.3) is 16.6 Å². The fourth-order valence-electron chi connectivity index (χ4n) is 3.02. The Bertz CT molecular complexity index is 1040. The SMILES string of the molecule is COc1ccc(-n2ccc3c(OCc4ccccc4)cccc32)c(F)c1. The molecule has 4 heteroatoms.